The van der Waals surface area contributed by atoms with Crippen molar-refractivity contribution in [2.75, 3.05) is 11.4 Å². The van der Waals surface area contributed by atoms with Gasteiger partial charge in [-0.05, 0) is 74.5 Å². The van der Waals surface area contributed by atoms with Crippen molar-refractivity contribution in [2.45, 2.75) is 56.1 Å². The van der Waals surface area contributed by atoms with Gasteiger partial charge < -0.3 is 5.32 Å². The highest BCUT2D eigenvalue weighted by atomic mass is 19.1. The largest absolute Gasteiger partial charge is 0.349 e. The van der Waals surface area contributed by atoms with Crippen LogP contribution in [-0.4, -0.2) is 46.9 Å². The van der Waals surface area contributed by atoms with Crippen LogP contribution in [0.2, 0.25) is 0 Å². The van der Waals surface area contributed by atoms with E-state index in [1.165, 1.54) is 42.5 Å². The lowest BCUT2D eigenvalue weighted by Gasteiger charge is -2.57. The molecule has 6 aliphatic rings. The fraction of sp³-hybridized carbons (Fsp3) is 0.591. The summed E-state index contributed by atoms with van der Waals surface area (Å²) in [6.45, 7) is -0.123. The van der Waals surface area contributed by atoms with E-state index in [9.17, 15) is 18.8 Å². The number of carbonyl (C=O) groups excluding carboxylic acids is 3. The van der Waals surface area contributed by atoms with E-state index < -0.39 is 29.7 Å². The van der Waals surface area contributed by atoms with Crippen molar-refractivity contribution in [3.63, 3.8) is 0 Å². The highest BCUT2D eigenvalue weighted by molar-refractivity contribution is 6.25. The Hall–Kier alpha value is -2.84. The van der Waals surface area contributed by atoms with E-state index in [-0.39, 0.29) is 23.7 Å². The van der Waals surface area contributed by atoms with Crippen LogP contribution in [0.1, 0.15) is 38.5 Å². The molecule has 4 aliphatic carbocycles. The van der Waals surface area contributed by atoms with Crippen molar-refractivity contribution in [3.8, 4) is 0 Å². The molecule has 162 valence electrons. The van der Waals surface area contributed by atoms with Crippen molar-refractivity contribution in [2.24, 2.45) is 28.1 Å². The SMILES string of the molecule is O=C(CN1N=NC2C(=O)N(c3cccc(F)c3)C(=O)C21)NC12CC3CC(CC(C3)C1)C2. The van der Waals surface area contributed by atoms with Gasteiger partial charge in [0, 0.05) is 5.54 Å². The number of nitrogens with zero attached hydrogens (tertiary/aromatic N) is 4. The fourth-order valence-electron chi connectivity index (χ4n) is 6.97. The number of rotatable bonds is 4. The van der Waals surface area contributed by atoms with Gasteiger partial charge in [0.1, 0.15) is 12.4 Å². The van der Waals surface area contributed by atoms with E-state index in [0.717, 1.165) is 30.2 Å². The van der Waals surface area contributed by atoms with Gasteiger partial charge in [-0.25, -0.2) is 9.29 Å². The average Bonchev–Trinajstić information content (AvgIpc) is 3.20. The van der Waals surface area contributed by atoms with Gasteiger partial charge in [0.2, 0.25) is 5.91 Å². The first-order valence-corrected chi connectivity index (χ1v) is 11.0. The van der Waals surface area contributed by atoms with E-state index in [0.29, 0.717) is 17.8 Å². The highest BCUT2D eigenvalue weighted by Crippen LogP contribution is 2.55. The first-order chi connectivity index (χ1) is 14.9. The molecule has 0 radical (unpaired) electrons. The Morgan fingerprint density at radius 2 is 1.77 bits per heavy atom. The molecule has 1 N–H and O–H groups in total. The predicted molar refractivity (Wildman–Crippen MR) is 107 cm³/mol. The van der Waals surface area contributed by atoms with Crippen LogP contribution in [-0.2, 0) is 14.4 Å². The minimum Gasteiger partial charge on any atom is -0.349 e. The lowest BCUT2D eigenvalue weighted by molar-refractivity contribution is -0.129. The number of fused-ring (bicyclic) bond motifs is 1. The topological polar surface area (TPSA) is 94.4 Å². The van der Waals surface area contributed by atoms with Gasteiger partial charge in [-0.2, -0.15) is 5.11 Å². The monoisotopic (exact) mass is 425 g/mol. The zero-order chi connectivity index (χ0) is 21.3. The Morgan fingerprint density at radius 3 is 2.42 bits per heavy atom. The summed E-state index contributed by atoms with van der Waals surface area (Å²) in [7, 11) is 0. The maximum absolute atomic E-state index is 13.6. The maximum Gasteiger partial charge on any atom is 0.263 e. The van der Waals surface area contributed by atoms with Gasteiger partial charge in [0.05, 0.1) is 5.69 Å². The average molecular weight is 425 g/mol. The summed E-state index contributed by atoms with van der Waals surface area (Å²) in [6.07, 6.45) is 6.94. The summed E-state index contributed by atoms with van der Waals surface area (Å²) in [6, 6.07) is 3.37. The minimum atomic E-state index is -0.997. The number of nitrogens with one attached hydrogen (secondary N) is 1. The van der Waals surface area contributed by atoms with Crippen LogP contribution in [0.25, 0.3) is 0 Å². The zero-order valence-corrected chi connectivity index (χ0v) is 17.0. The molecule has 7 rings (SSSR count). The van der Waals surface area contributed by atoms with E-state index in [2.05, 4.69) is 15.7 Å². The van der Waals surface area contributed by atoms with E-state index >= 15 is 0 Å². The van der Waals surface area contributed by atoms with Gasteiger partial charge >= 0.3 is 0 Å². The summed E-state index contributed by atoms with van der Waals surface area (Å²) in [5.41, 5.74) is 0.0307. The smallest absolute Gasteiger partial charge is 0.263 e. The zero-order valence-electron chi connectivity index (χ0n) is 17.0. The molecule has 1 aromatic rings. The Balaban J connectivity index is 1.16. The van der Waals surface area contributed by atoms with Gasteiger partial charge in [-0.15, -0.1) is 0 Å². The molecule has 0 spiro atoms. The standard InChI is InChI=1S/C22H24FN5O3/c23-15-2-1-3-16(7-15)28-20(30)18-19(21(28)31)27(26-25-18)11-17(29)24-22-8-12-4-13(9-22)6-14(5-12)10-22/h1-3,7,12-14,18-19H,4-6,8-11H2,(H,24,29). The third-order valence-corrected chi connectivity index (χ3v) is 7.67. The molecule has 2 aliphatic heterocycles. The second kappa shape index (κ2) is 6.58. The van der Waals surface area contributed by atoms with Gasteiger partial charge in [-0.3, -0.25) is 19.4 Å². The molecule has 4 bridgehead atoms. The van der Waals surface area contributed by atoms with Crippen LogP contribution in [0, 0.1) is 23.6 Å². The first kappa shape index (κ1) is 18.9. The van der Waals surface area contributed by atoms with Gasteiger partial charge in [0.25, 0.3) is 11.8 Å². The molecule has 2 atom stereocenters. The number of amides is 3. The highest BCUT2D eigenvalue weighted by Gasteiger charge is 2.56. The molecule has 8 nitrogen and oxygen atoms in total. The third kappa shape index (κ3) is 2.96. The molecule has 9 heteroatoms. The molecule has 0 aromatic heterocycles. The predicted octanol–water partition coefficient (Wildman–Crippen LogP) is 2.20. The quantitative estimate of drug-likeness (QED) is 0.749. The van der Waals surface area contributed by atoms with Crippen LogP contribution in [0.5, 0.6) is 0 Å². The molecule has 5 fully saturated rings. The molecule has 31 heavy (non-hydrogen) atoms. The maximum atomic E-state index is 13.6. The van der Waals surface area contributed by atoms with Crippen molar-refractivity contribution >= 4 is 23.4 Å². The summed E-state index contributed by atoms with van der Waals surface area (Å²) < 4.78 is 13.6. The molecule has 1 aromatic carbocycles. The Bertz CT molecular complexity index is 975. The number of imide groups is 1. The summed E-state index contributed by atoms with van der Waals surface area (Å²) in [4.78, 5) is 39.6. The number of hydrogen-bond donors (Lipinski definition) is 1. The second-order valence-corrected chi connectivity index (χ2v) is 9.93. The molecule has 2 unspecified atom stereocenters. The normalized spacial score (nSPS) is 37.6. The molecule has 1 saturated heterocycles. The van der Waals surface area contributed by atoms with E-state index in [1.807, 2.05) is 0 Å². The second-order valence-electron chi connectivity index (χ2n) is 9.93. The van der Waals surface area contributed by atoms with Crippen molar-refractivity contribution in [3.05, 3.63) is 30.1 Å². The lowest BCUT2D eigenvalue weighted by Crippen LogP contribution is -2.61. The van der Waals surface area contributed by atoms with Gasteiger partial charge in [0.15, 0.2) is 12.1 Å². The number of hydrogen-bond acceptors (Lipinski definition) is 6. The number of carbonyl (C=O) groups is 3. The van der Waals surface area contributed by atoms with E-state index in [4.69, 9.17) is 0 Å². The summed E-state index contributed by atoms with van der Waals surface area (Å²) in [5, 5.41) is 12.5. The lowest BCUT2D eigenvalue weighted by atomic mass is 9.53. The Morgan fingerprint density at radius 1 is 1.10 bits per heavy atom. The van der Waals surface area contributed by atoms with Crippen LogP contribution >= 0.6 is 0 Å². The van der Waals surface area contributed by atoms with Crippen LogP contribution in [0.15, 0.2) is 34.6 Å². The summed E-state index contributed by atoms with van der Waals surface area (Å²) >= 11 is 0. The van der Waals surface area contributed by atoms with Crippen molar-refractivity contribution in [1.29, 1.82) is 0 Å². The van der Waals surface area contributed by atoms with Crippen molar-refractivity contribution in [1.82, 2.24) is 10.3 Å². The molecule has 4 saturated carbocycles. The molecular formula is C22H24FN5O3. The Labute approximate surface area is 178 Å². The van der Waals surface area contributed by atoms with Crippen LogP contribution < -0.4 is 10.2 Å². The summed E-state index contributed by atoms with van der Waals surface area (Å²) in [5.74, 6) is 0.305. The number of benzene rings is 1. The van der Waals surface area contributed by atoms with Crippen LogP contribution in [0.4, 0.5) is 10.1 Å². The van der Waals surface area contributed by atoms with E-state index in [1.54, 1.807) is 0 Å². The number of anilines is 1. The molecular weight excluding hydrogens is 401 g/mol. The van der Waals surface area contributed by atoms with Gasteiger partial charge in [-0.1, -0.05) is 11.3 Å². The minimum absolute atomic E-state index is 0.123. The molecule has 3 amide bonds. The van der Waals surface area contributed by atoms with Crippen LogP contribution in [0.3, 0.4) is 0 Å². The molecule has 2 heterocycles. The Kier molecular flexibility index (Phi) is 4.01. The first-order valence-electron chi connectivity index (χ1n) is 11.0. The van der Waals surface area contributed by atoms with Crippen molar-refractivity contribution < 1.29 is 18.8 Å². The fourth-order valence-corrected chi connectivity index (χ4v) is 6.97. The third-order valence-electron chi connectivity index (χ3n) is 7.67. The number of halogens is 1.